The molecule has 0 atom stereocenters. The van der Waals surface area contributed by atoms with E-state index in [1.807, 2.05) is 11.9 Å². The highest BCUT2D eigenvalue weighted by Crippen LogP contribution is 2.25. The van der Waals surface area contributed by atoms with Gasteiger partial charge in [0, 0.05) is 27.2 Å². The lowest BCUT2D eigenvalue weighted by molar-refractivity contribution is 0.205. The van der Waals surface area contributed by atoms with Gasteiger partial charge in [0.1, 0.15) is 18.0 Å². The summed E-state index contributed by atoms with van der Waals surface area (Å²) in [5.41, 5.74) is 1.63. The Hall–Kier alpha value is -2.25. The maximum atomic E-state index is 13.4. The number of anilines is 1. The fraction of sp³-hybridized carbons (Fsp3) is 0.312. The topological polar surface area (TPSA) is 56.1 Å². The van der Waals surface area contributed by atoms with Gasteiger partial charge in [0.05, 0.1) is 23.2 Å². The highest BCUT2D eigenvalue weighted by Gasteiger charge is 2.16. The Morgan fingerprint density at radius 3 is 2.92 bits per heavy atom. The molecule has 126 valence electrons. The number of ether oxygens (including phenoxy) is 1. The number of benzene rings is 1. The first-order chi connectivity index (χ1) is 11.6. The van der Waals surface area contributed by atoms with Gasteiger partial charge in [-0.2, -0.15) is 5.10 Å². The quantitative estimate of drug-likeness (QED) is 0.685. The van der Waals surface area contributed by atoms with Crippen LogP contribution < -0.4 is 4.90 Å². The summed E-state index contributed by atoms with van der Waals surface area (Å²) in [5.74, 6) is 0.325. The molecule has 0 radical (unpaired) electrons. The molecule has 0 unspecified atom stereocenters. The van der Waals surface area contributed by atoms with Gasteiger partial charge in [0.2, 0.25) is 0 Å². The van der Waals surface area contributed by atoms with E-state index in [2.05, 4.69) is 15.1 Å². The third-order valence-electron chi connectivity index (χ3n) is 3.73. The maximum absolute atomic E-state index is 13.4. The molecule has 0 aliphatic rings. The van der Waals surface area contributed by atoms with Crippen LogP contribution in [0.25, 0.3) is 11.0 Å². The van der Waals surface area contributed by atoms with Crippen molar-refractivity contribution in [3.63, 3.8) is 0 Å². The molecule has 0 amide bonds. The molecule has 0 fully saturated rings. The van der Waals surface area contributed by atoms with Crippen LogP contribution in [0, 0.1) is 5.82 Å². The maximum Gasteiger partial charge on any atom is 0.163 e. The minimum Gasteiger partial charge on any atom is -0.383 e. The Kier molecular flexibility index (Phi) is 4.92. The molecule has 1 aromatic carbocycles. The van der Waals surface area contributed by atoms with E-state index >= 15 is 0 Å². The summed E-state index contributed by atoms with van der Waals surface area (Å²) in [6.45, 7) is 1.66. The number of aromatic nitrogens is 4. The summed E-state index contributed by atoms with van der Waals surface area (Å²) < 4.78 is 20.3. The van der Waals surface area contributed by atoms with Gasteiger partial charge in [-0.15, -0.1) is 0 Å². The van der Waals surface area contributed by atoms with E-state index in [4.69, 9.17) is 16.3 Å². The van der Waals surface area contributed by atoms with Crippen LogP contribution in [0.5, 0.6) is 0 Å². The van der Waals surface area contributed by atoms with Crippen molar-refractivity contribution >= 4 is 28.5 Å². The van der Waals surface area contributed by atoms with Crippen LogP contribution in [-0.4, -0.2) is 40.0 Å². The average molecular weight is 350 g/mol. The Labute approximate surface area is 143 Å². The van der Waals surface area contributed by atoms with E-state index in [0.29, 0.717) is 19.7 Å². The highest BCUT2D eigenvalue weighted by molar-refractivity contribution is 6.30. The molecular weight excluding hydrogens is 333 g/mol. The Balaban J connectivity index is 1.97. The van der Waals surface area contributed by atoms with Gasteiger partial charge in [-0.05, 0) is 17.7 Å². The molecule has 0 bridgehead atoms. The zero-order valence-electron chi connectivity index (χ0n) is 13.4. The van der Waals surface area contributed by atoms with Crippen molar-refractivity contribution in [2.45, 2.75) is 6.54 Å². The first-order valence-electron chi connectivity index (χ1n) is 7.40. The molecule has 2 aromatic heterocycles. The van der Waals surface area contributed by atoms with Crippen LogP contribution in [0.2, 0.25) is 5.02 Å². The molecule has 6 nitrogen and oxygen atoms in total. The summed E-state index contributed by atoms with van der Waals surface area (Å²) in [6.07, 6.45) is 3.25. The second kappa shape index (κ2) is 7.11. The molecule has 3 aromatic rings. The third-order valence-corrected chi connectivity index (χ3v) is 4.02. The van der Waals surface area contributed by atoms with E-state index in [1.54, 1.807) is 30.1 Å². The lowest BCUT2D eigenvalue weighted by Gasteiger charge is -2.24. The third kappa shape index (κ3) is 3.32. The van der Waals surface area contributed by atoms with Crippen LogP contribution in [0.3, 0.4) is 0 Å². The molecule has 0 aliphatic carbocycles. The minimum atomic E-state index is -0.430. The predicted octanol–water partition coefficient (Wildman–Crippen LogP) is 2.81. The van der Waals surface area contributed by atoms with Crippen LogP contribution in [0.1, 0.15) is 5.56 Å². The molecule has 3 rings (SSSR count). The van der Waals surface area contributed by atoms with Crippen LogP contribution in [-0.2, 0) is 18.3 Å². The van der Waals surface area contributed by atoms with Gasteiger partial charge in [0.15, 0.2) is 5.65 Å². The number of hydrogen-bond acceptors (Lipinski definition) is 5. The Morgan fingerprint density at radius 1 is 1.33 bits per heavy atom. The minimum absolute atomic E-state index is 0.105. The SMILES string of the molecule is COCCN(Cc1ccc(F)c(Cl)c1)c1ncnc2c1cnn2C. The van der Waals surface area contributed by atoms with Crippen molar-refractivity contribution in [3.05, 3.63) is 47.1 Å². The molecule has 0 spiro atoms. The smallest absolute Gasteiger partial charge is 0.163 e. The second-order valence-corrected chi connectivity index (χ2v) is 5.77. The molecule has 24 heavy (non-hydrogen) atoms. The average Bonchev–Trinajstić information content (AvgIpc) is 2.96. The van der Waals surface area contributed by atoms with Crippen molar-refractivity contribution in [1.82, 2.24) is 19.7 Å². The first kappa shape index (κ1) is 16.6. The number of halogens is 2. The zero-order chi connectivity index (χ0) is 17.1. The van der Waals surface area contributed by atoms with E-state index in [9.17, 15) is 4.39 Å². The van der Waals surface area contributed by atoms with Crippen molar-refractivity contribution in [2.75, 3.05) is 25.2 Å². The molecule has 0 aliphatic heterocycles. The second-order valence-electron chi connectivity index (χ2n) is 5.37. The summed E-state index contributed by atoms with van der Waals surface area (Å²) >= 11 is 5.89. The molecule has 8 heteroatoms. The lowest BCUT2D eigenvalue weighted by Crippen LogP contribution is -2.27. The van der Waals surface area contributed by atoms with Crippen molar-refractivity contribution in [3.8, 4) is 0 Å². The normalized spacial score (nSPS) is 11.2. The van der Waals surface area contributed by atoms with Crippen molar-refractivity contribution in [1.29, 1.82) is 0 Å². The molecule has 2 heterocycles. The summed E-state index contributed by atoms with van der Waals surface area (Å²) in [5, 5.41) is 5.19. The standard InChI is InChI=1S/C16H17ClFN5O/c1-22-15-12(8-21-22)16(20-10-19-15)23(5-6-24-2)9-11-3-4-14(18)13(17)7-11/h3-4,7-8,10H,5-6,9H2,1-2H3. The molecule has 0 saturated heterocycles. The van der Waals surface area contributed by atoms with Gasteiger partial charge >= 0.3 is 0 Å². The predicted molar refractivity (Wildman–Crippen MR) is 90.6 cm³/mol. The van der Waals surface area contributed by atoms with Crippen LogP contribution in [0.4, 0.5) is 10.2 Å². The van der Waals surface area contributed by atoms with E-state index in [0.717, 1.165) is 22.4 Å². The number of fused-ring (bicyclic) bond motifs is 1. The zero-order valence-corrected chi connectivity index (χ0v) is 14.2. The number of nitrogens with zero attached hydrogens (tertiary/aromatic N) is 5. The molecule has 0 saturated carbocycles. The molecular formula is C16H17ClFN5O. The van der Waals surface area contributed by atoms with Gasteiger partial charge in [-0.1, -0.05) is 17.7 Å². The fourth-order valence-electron chi connectivity index (χ4n) is 2.52. The highest BCUT2D eigenvalue weighted by atomic mass is 35.5. The van der Waals surface area contributed by atoms with Gasteiger partial charge in [-0.25, -0.2) is 14.4 Å². The fourth-order valence-corrected chi connectivity index (χ4v) is 2.72. The van der Waals surface area contributed by atoms with E-state index < -0.39 is 5.82 Å². The number of aryl methyl sites for hydroxylation is 1. The summed E-state index contributed by atoms with van der Waals surface area (Å²) in [4.78, 5) is 10.7. The largest absolute Gasteiger partial charge is 0.383 e. The number of methoxy groups -OCH3 is 1. The monoisotopic (exact) mass is 349 g/mol. The van der Waals surface area contributed by atoms with Gasteiger partial charge in [-0.3, -0.25) is 4.68 Å². The summed E-state index contributed by atoms with van der Waals surface area (Å²) in [6, 6.07) is 4.70. The van der Waals surface area contributed by atoms with Crippen LogP contribution in [0.15, 0.2) is 30.7 Å². The van der Waals surface area contributed by atoms with Gasteiger partial charge < -0.3 is 9.64 Å². The van der Waals surface area contributed by atoms with Crippen LogP contribution >= 0.6 is 11.6 Å². The van der Waals surface area contributed by atoms with E-state index in [-0.39, 0.29) is 5.02 Å². The molecule has 0 N–H and O–H groups in total. The Bertz CT molecular complexity index is 854. The first-order valence-corrected chi connectivity index (χ1v) is 7.78. The van der Waals surface area contributed by atoms with Crippen molar-refractivity contribution < 1.29 is 9.13 Å². The Morgan fingerprint density at radius 2 is 2.17 bits per heavy atom. The lowest BCUT2D eigenvalue weighted by atomic mass is 10.2. The summed E-state index contributed by atoms with van der Waals surface area (Å²) in [7, 11) is 3.48. The van der Waals surface area contributed by atoms with E-state index in [1.165, 1.54) is 12.4 Å². The number of hydrogen-bond donors (Lipinski definition) is 0. The van der Waals surface area contributed by atoms with Crippen molar-refractivity contribution in [2.24, 2.45) is 7.05 Å². The number of rotatable bonds is 6. The van der Waals surface area contributed by atoms with Gasteiger partial charge in [0.25, 0.3) is 0 Å².